The lowest BCUT2D eigenvalue weighted by Crippen LogP contribution is -2.37. The Kier molecular flexibility index (Phi) is 5.20. The molecule has 1 heterocycles. The molecule has 3 nitrogen and oxygen atoms in total. The van der Waals surface area contributed by atoms with Gasteiger partial charge in [-0.3, -0.25) is 4.79 Å². The molecule has 0 bridgehead atoms. The van der Waals surface area contributed by atoms with E-state index in [1.54, 1.807) is 18.3 Å². The molecule has 1 N–H and O–H groups in total. The van der Waals surface area contributed by atoms with Gasteiger partial charge in [0.15, 0.2) is 0 Å². The first-order valence-electron chi connectivity index (χ1n) is 7.13. The maximum atomic E-state index is 12.2. The summed E-state index contributed by atoms with van der Waals surface area (Å²) < 4.78 is 0. The number of halogens is 1. The molecule has 1 aromatic heterocycles. The molecule has 104 valence electrons. The van der Waals surface area contributed by atoms with Gasteiger partial charge in [0, 0.05) is 17.8 Å². The number of carbonyl (C=O) groups excluding carboxylic acids is 1. The SMILES string of the molecule is CCCCC1CCCC1NC(=O)c1ccnc(Cl)c1. The highest BCUT2D eigenvalue weighted by Gasteiger charge is 2.28. The van der Waals surface area contributed by atoms with Gasteiger partial charge in [-0.25, -0.2) is 4.98 Å². The quantitative estimate of drug-likeness (QED) is 0.833. The van der Waals surface area contributed by atoms with Crippen LogP contribution in [0.2, 0.25) is 5.15 Å². The monoisotopic (exact) mass is 280 g/mol. The topological polar surface area (TPSA) is 42.0 Å². The second kappa shape index (κ2) is 6.90. The number of pyridine rings is 1. The van der Waals surface area contributed by atoms with E-state index in [0.717, 1.165) is 6.42 Å². The highest BCUT2D eigenvalue weighted by molar-refractivity contribution is 6.29. The second-order valence-corrected chi connectivity index (χ2v) is 5.67. The van der Waals surface area contributed by atoms with E-state index in [0.29, 0.717) is 22.7 Å². The summed E-state index contributed by atoms with van der Waals surface area (Å²) in [6, 6.07) is 3.65. The average molecular weight is 281 g/mol. The van der Waals surface area contributed by atoms with Crippen LogP contribution in [0.1, 0.15) is 55.8 Å². The van der Waals surface area contributed by atoms with Crippen LogP contribution in [-0.2, 0) is 0 Å². The molecule has 0 radical (unpaired) electrons. The van der Waals surface area contributed by atoms with Gasteiger partial charge in [-0.1, -0.05) is 37.8 Å². The van der Waals surface area contributed by atoms with Crippen molar-refractivity contribution in [1.82, 2.24) is 10.3 Å². The summed E-state index contributed by atoms with van der Waals surface area (Å²) in [4.78, 5) is 16.1. The maximum absolute atomic E-state index is 12.2. The van der Waals surface area contributed by atoms with Crippen LogP contribution in [0, 0.1) is 5.92 Å². The standard InChI is InChI=1S/C15H21ClN2O/c1-2-3-5-11-6-4-7-13(11)18-15(19)12-8-9-17-14(16)10-12/h8-11,13H,2-7H2,1H3,(H,18,19). The molecule has 0 spiro atoms. The Balaban J connectivity index is 1.94. The van der Waals surface area contributed by atoms with E-state index in [2.05, 4.69) is 17.2 Å². The minimum absolute atomic E-state index is 0.0299. The molecule has 2 unspecified atom stereocenters. The number of carbonyl (C=O) groups is 1. The Labute approximate surface area is 119 Å². The van der Waals surface area contributed by atoms with Gasteiger partial charge in [0.05, 0.1) is 0 Å². The predicted molar refractivity (Wildman–Crippen MR) is 77.4 cm³/mol. The van der Waals surface area contributed by atoms with E-state index in [4.69, 9.17) is 11.6 Å². The first-order valence-corrected chi connectivity index (χ1v) is 7.51. The smallest absolute Gasteiger partial charge is 0.251 e. The van der Waals surface area contributed by atoms with E-state index in [1.807, 2.05) is 0 Å². The number of rotatable bonds is 5. The molecule has 2 atom stereocenters. The first kappa shape index (κ1) is 14.3. The predicted octanol–water partition coefficient (Wildman–Crippen LogP) is 3.82. The maximum Gasteiger partial charge on any atom is 0.251 e. The van der Waals surface area contributed by atoms with Gasteiger partial charge in [-0.2, -0.15) is 0 Å². The summed E-state index contributed by atoms with van der Waals surface area (Å²) >= 11 is 5.81. The molecule has 19 heavy (non-hydrogen) atoms. The largest absolute Gasteiger partial charge is 0.349 e. The highest BCUT2D eigenvalue weighted by atomic mass is 35.5. The zero-order valence-electron chi connectivity index (χ0n) is 11.4. The van der Waals surface area contributed by atoms with E-state index < -0.39 is 0 Å². The number of nitrogens with zero attached hydrogens (tertiary/aromatic N) is 1. The van der Waals surface area contributed by atoms with E-state index in [1.165, 1.54) is 32.1 Å². The molecule has 0 saturated heterocycles. The molecular formula is C15H21ClN2O. The molecule has 1 aromatic rings. The molecule has 1 aliphatic rings. The fourth-order valence-electron chi connectivity index (χ4n) is 2.83. The summed E-state index contributed by atoms with van der Waals surface area (Å²) in [7, 11) is 0. The summed E-state index contributed by atoms with van der Waals surface area (Å²) in [5.74, 6) is 0.610. The third-order valence-electron chi connectivity index (χ3n) is 3.89. The fourth-order valence-corrected chi connectivity index (χ4v) is 3.01. The van der Waals surface area contributed by atoms with Gasteiger partial charge in [-0.15, -0.1) is 0 Å². The number of nitrogens with one attached hydrogen (secondary N) is 1. The van der Waals surface area contributed by atoms with Gasteiger partial charge in [-0.05, 0) is 37.3 Å². The van der Waals surface area contributed by atoms with E-state index in [9.17, 15) is 4.79 Å². The number of hydrogen-bond donors (Lipinski definition) is 1. The third-order valence-corrected chi connectivity index (χ3v) is 4.10. The number of aromatic nitrogens is 1. The van der Waals surface area contributed by atoms with E-state index >= 15 is 0 Å². The Morgan fingerprint density at radius 2 is 2.37 bits per heavy atom. The minimum atomic E-state index is -0.0299. The second-order valence-electron chi connectivity index (χ2n) is 5.28. The van der Waals surface area contributed by atoms with Gasteiger partial charge >= 0.3 is 0 Å². The Morgan fingerprint density at radius 3 is 3.11 bits per heavy atom. The number of amides is 1. The first-order chi connectivity index (χ1) is 9.20. The van der Waals surface area contributed by atoms with Gasteiger partial charge in [0.25, 0.3) is 5.91 Å². The molecule has 0 aromatic carbocycles. The molecule has 1 saturated carbocycles. The van der Waals surface area contributed by atoms with Crippen LogP contribution in [-0.4, -0.2) is 16.9 Å². The summed E-state index contributed by atoms with van der Waals surface area (Å²) in [6.45, 7) is 2.21. The summed E-state index contributed by atoms with van der Waals surface area (Å²) in [5, 5.41) is 3.52. The third kappa shape index (κ3) is 3.93. The fraction of sp³-hybridized carbons (Fsp3) is 0.600. The van der Waals surface area contributed by atoms with Crippen molar-refractivity contribution in [2.75, 3.05) is 0 Å². The minimum Gasteiger partial charge on any atom is -0.349 e. The lowest BCUT2D eigenvalue weighted by atomic mass is 9.96. The lowest BCUT2D eigenvalue weighted by molar-refractivity contribution is 0.0926. The molecular weight excluding hydrogens is 260 g/mol. The Morgan fingerprint density at radius 1 is 1.53 bits per heavy atom. The van der Waals surface area contributed by atoms with Crippen molar-refractivity contribution >= 4 is 17.5 Å². The van der Waals surface area contributed by atoms with Crippen molar-refractivity contribution in [2.45, 2.75) is 51.5 Å². The van der Waals surface area contributed by atoms with Crippen molar-refractivity contribution in [3.63, 3.8) is 0 Å². The Bertz CT molecular complexity index is 436. The lowest BCUT2D eigenvalue weighted by Gasteiger charge is -2.20. The molecule has 2 rings (SSSR count). The molecule has 0 aliphatic heterocycles. The Hall–Kier alpha value is -1.09. The van der Waals surface area contributed by atoms with Crippen molar-refractivity contribution in [1.29, 1.82) is 0 Å². The molecule has 1 aliphatic carbocycles. The summed E-state index contributed by atoms with van der Waals surface area (Å²) in [6.07, 6.45) is 8.81. The molecule has 4 heteroatoms. The zero-order chi connectivity index (χ0) is 13.7. The van der Waals surface area contributed by atoms with Crippen molar-refractivity contribution < 1.29 is 4.79 Å². The number of unbranched alkanes of at least 4 members (excludes halogenated alkanes) is 1. The van der Waals surface area contributed by atoms with Crippen LogP contribution >= 0.6 is 11.6 Å². The van der Waals surface area contributed by atoms with Gasteiger partial charge in [0.2, 0.25) is 0 Å². The van der Waals surface area contributed by atoms with Crippen LogP contribution in [0.3, 0.4) is 0 Å². The van der Waals surface area contributed by atoms with Crippen LogP contribution in [0.25, 0.3) is 0 Å². The van der Waals surface area contributed by atoms with Crippen LogP contribution in [0.15, 0.2) is 18.3 Å². The van der Waals surface area contributed by atoms with E-state index in [-0.39, 0.29) is 5.91 Å². The highest BCUT2D eigenvalue weighted by Crippen LogP contribution is 2.30. The molecule has 1 amide bonds. The zero-order valence-corrected chi connectivity index (χ0v) is 12.1. The van der Waals surface area contributed by atoms with Gasteiger partial charge < -0.3 is 5.32 Å². The number of hydrogen-bond acceptors (Lipinski definition) is 2. The molecule has 1 fully saturated rings. The van der Waals surface area contributed by atoms with Crippen LogP contribution in [0.5, 0.6) is 0 Å². The normalized spacial score (nSPS) is 22.4. The van der Waals surface area contributed by atoms with Crippen molar-refractivity contribution in [3.8, 4) is 0 Å². The van der Waals surface area contributed by atoms with Crippen molar-refractivity contribution in [2.24, 2.45) is 5.92 Å². The van der Waals surface area contributed by atoms with Gasteiger partial charge in [0.1, 0.15) is 5.15 Å². The average Bonchev–Trinajstić information content (AvgIpc) is 2.83. The summed E-state index contributed by atoms with van der Waals surface area (Å²) in [5.41, 5.74) is 0.598. The van der Waals surface area contributed by atoms with Crippen molar-refractivity contribution in [3.05, 3.63) is 29.0 Å². The van der Waals surface area contributed by atoms with Crippen LogP contribution in [0.4, 0.5) is 0 Å². The van der Waals surface area contributed by atoms with Crippen LogP contribution < -0.4 is 5.32 Å².